The molecule has 0 aromatic heterocycles. The van der Waals surface area contributed by atoms with E-state index in [1.807, 2.05) is 6.92 Å². The Balaban J connectivity index is 2.19. The van der Waals surface area contributed by atoms with Crippen LogP contribution in [0.3, 0.4) is 0 Å². The molecule has 0 fully saturated rings. The van der Waals surface area contributed by atoms with E-state index in [1.54, 1.807) is 24.3 Å². The Hall–Kier alpha value is -2.47. The summed E-state index contributed by atoms with van der Waals surface area (Å²) in [6.45, 7) is 1.89. The Morgan fingerprint density at radius 1 is 1.21 bits per heavy atom. The largest absolute Gasteiger partial charge is 0.395 e. The van der Waals surface area contributed by atoms with Gasteiger partial charge in [-0.15, -0.1) is 0 Å². The van der Waals surface area contributed by atoms with Crippen LogP contribution < -0.4 is 10.6 Å². The van der Waals surface area contributed by atoms with E-state index in [1.165, 1.54) is 6.07 Å². The monoisotopic (exact) mass is 334 g/mol. The van der Waals surface area contributed by atoms with Gasteiger partial charge in [0.25, 0.3) is 5.91 Å². The lowest BCUT2D eigenvalue weighted by Crippen LogP contribution is -2.26. The fourth-order valence-corrected chi connectivity index (χ4v) is 2.40. The molecule has 2 rings (SSSR count). The lowest BCUT2D eigenvalue weighted by atomic mass is 10.0. The number of carbonyl (C=O) groups excluding carboxylic acids is 1. The highest BCUT2D eigenvalue weighted by Gasteiger charge is 2.15. The van der Waals surface area contributed by atoms with Gasteiger partial charge >= 0.3 is 0 Å². The molecule has 1 amide bonds. The van der Waals surface area contributed by atoms with E-state index < -0.39 is 17.7 Å². The average molecular weight is 334 g/mol. The van der Waals surface area contributed by atoms with Gasteiger partial charge in [0.2, 0.25) is 0 Å². The molecule has 1 unspecified atom stereocenters. The highest BCUT2D eigenvalue weighted by Crippen LogP contribution is 2.26. The van der Waals surface area contributed by atoms with Crippen LogP contribution in [0.15, 0.2) is 42.5 Å². The van der Waals surface area contributed by atoms with Crippen molar-refractivity contribution in [3.63, 3.8) is 0 Å². The third kappa shape index (κ3) is 4.52. The molecule has 128 valence electrons. The summed E-state index contributed by atoms with van der Waals surface area (Å²) in [4.78, 5) is 11.9. The molecular formula is C18H20F2N2O2. The molecule has 0 saturated carbocycles. The maximum Gasteiger partial charge on any atom is 0.251 e. The zero-order chi connectivity index (χ0) is 17.5. The second-order valence-electron chi connectivity index (χ2n) is 5.33. The summed E-state index contributed by atoms with van der Waals surface area (Å²) >= 11 is 0. The van der Waals surface area contributed by atoms with Gasteiger partial charge in [-0.3, -0.25) is 4.79 Å². The summed E-state index contributed by atoms with van der Waals surface area (Å²) in [5.74, 6) is -1.28. The molecule has 0 bridgehead atoms. The number of hydrogen-bond acceptors (Lipinski definition) is 3. The molecule has 2 aromatic rings. The third-order valence-corrected chi connectivity index (χ3v) is 3.60. The van der Waals surface area contributed by atoms with Crippen molar-refractivity contribution in [1.29, 1.82) is 0 Å². The van der Waals surface area contributed by atoms with E-state index >= 15 is 0 Å². The first-order valence-corrected chi connectivity index (χ1v) is 7.75. The molecule has 0 spiro atoms. The van der Waals surface area contributed by atoms with Gasteiger partial charge in [0, 0.05) is 23.4 Å². The Bertz CT molecular complexity index is 707. The molecule has 6 heteroatoms. The molecular weight excluding hydrogens is 314 g/mol. The number of aliphatic hydroxyl groups excluding tert-OH is 1. The van der Waals surface area contributed by atoms with E-state index in [2.05, 4.69) is 10.6 Å². The van der Waals surface area contributed by atoms with Crippen molar-refractivity contribution in [1.82, 2.24) is 5.32 Å². The van der Waals surface area contributed by atoms with Gasteiger partial charge in [-0.05, 0) is 42.8 Å². The van der Waals surface area contributed by atoms with Gasteiger partial charge in [-0.2, -0.15) is 0 Å². The van der Waals surface area contributed by atoms with Crippen LogP contribution >= 0.6 is 0 Å². The van der Waals surface area contributed by atoms with Crippen LogP contribution in [0.4, 0.5) is 14.5 Å². The highest BCUT2D eigenvalue weighted by molar-refractivity contribution is 5.95. The second kappa shape index (κ2) is 8.40. The van der Waals surface area contributed by atoms with Crippen LogP contribution in [-0.4, -0.2) is 24.2 Å². The fourth-order valence-electron chi connectivity index (χ4n) is 2.40. The van der Waals surface area contributed by atoms with Crippen LogP contribution in [0.5, 0.6) is 0 Å². The summed E-state index contributed by atoms with van der Waals surface area (Å²) in [5, 5.41) is 14.4. The minimum Gasteiger partial charge on any atom is -0.395 e. The highest BCUT2D eigenvalue weighted by atomic mass is 19.1. The number of anilines is 1. The molecule has 0 saturated heterocycles. The van der Waals surface area contributed by atoms with Crippen molar-refractivity contribution in [2.45, 2.75) is 19.4 Å². The zero-order valence-corrected chi connectivity index (χ0v) is 13.4. The quantitative estimate of drug-likeness (QED) is 0.728. The molecule has 4 nitrogen and oxygen atoms in total. The maximum atomic E-state index is 14.0. The van der Waals surface area contributed by atoms with Gasteiger partial charge in [0.15, 0.2) is 0 Å². The molecule has 24 heavy (non-hydrogen) atoms. The predicted octanol–water partition coefficient (Wildman–Crippen LogP) is 3.25. The van der Waals surface area contributed by atoms with E-state index in [0.717, 1.165) is 12.1 Å². The van der Waals surface area contributed by atoms with Gasteiger partial charge in [-0.1, -0.05) is 13.0 Å². The van der Waals surface area contributed by atoms with Crippen molar-refractivity contribution in [3.05, 3.63) is 65.2 Å². The average Bonchev–Trinajstić information content (AvgIpc) is 2.60. The third-order valence-electron chi connectivity index (χ3n) is 3.60. The predicted molar refractivity (Wildman–Crippen MR) is 88.9 cm³/mol. The van der Waals surface area contributed by atoms with Crippen molar-refractivity contribution in [3.8, 4) is 0 Å². The SMILES string of the molecule is CCC(Nc1cccc(C(=O)NCCO)c1)c1cc(F)ccc1F. The number of carbonyl (C=O) groups is 1. The number of hydrogen-bond donors (Lipinski definition) is 3. The minimum atomic E-state index is -0.496. The van der Waals surface area contributed by atoms with Crippen LogP contribution in [0.1, 0.15) is 35.3 Å². The summed E-state index contributed by atoms with van der Waals surface area (Å²) in [5.41, 5.74) is 1.29. The summed E-state index contributed by atoms with van der Waals surface area (Å²) in [7, 11) is 0. The summed E-state index contributed by atoms with van der Waals surface area (Å²) in [6, 6.07) is 9.66. The van der Waals surface area contributed by atoms with E-state index in [9.17, 15) is 13.6 Å². The first kappa shape index (κ1) is 17.9. The second-order valence-corrected chi connectivity index (χ2v) is 5.33. The van der Waals surface area contributed by atoms with Crippen molar-refractivity contribution in [2.75, 3.05) is 18.5 Å². The standard InChI is InChI=1S/C18H20F2N2O2/c1-2-17(15-11-13(19)6-7-16(15)20)22-14-5-3-4-12(10-14)18(24)21-8-9-23/h3-7,10-11,17,22-23H,2,8-9H2,1H3,(H,21,24). The summed E-state index contributed by atoms with van der Waals surface area (Å²) in [6.07, 6.45) is 0.543. The number of halogens is 2. The lowest BCUT2D eigenvalue weighted by Gasteiger charge is -2.20. The molecule has 0 aliphatic carbocycles. The van der Waals surface area contributed by atoms with E-state index in [4.69, 9.17) is 5.11 Å². The first-order valence-electron chi connectivity index (χ1n) is 7.75. The van der Waals surface area contributed by atoms with Gasteiger partial charge < -0.3 is 15.7 Å². The maximum absolute atomic E-state index is 14.0. The Morgan fingerprint density at radius 2 is 2.00 bits per heavy atom. The molecule has 0 aliphatic rings. The van der Waals surface area contributed by atoms with Crippen LogP contribution in [-0.2, 0) is 0 Å². The molecule has 0 aliphatic heterocycles. The zero-order valence-electron chi connectivity index (χ0n) is 13.4. The fraction of sp³-hybridized carbons (Fsp3) is 0.278. The Labute approximate surface area is 139 Å². The van der Waals surface area contributed by atoms with Gasteiger partial charge in [-0.25, -0.2) is 8.78 Å². The first-order chi connectivity index (χ1) is 11.5. The minimum absolute atomic E-state index is 0.138. The molecule has 0 heterocycles. The smallest absolute Gasteiger partial charge is 0.251 e. The van der Waals surface area contributed by atoms with Crippen molar-refractivity contribution < 1.29 is 18.7 Å². The van der Waals surface area contributed by atoms with Gasteiger partial charge in [0.05, 0.1) is 12.6 Å². The van der Waals surface area contributed by atoms with E-state index in [-0.39, 0.29) is 24.6 Å². The van der Waals surface area contributed by atoms with Crippen LogP contribution in [0.2, 0.25) is 0 Å². The van der Waals surface area contributed by atoms with Gasteiger partial charge in [0.1, 0.15) is 11.6 Å². The van der Waals surface area contributed by atoms with Crippen molar-refractivity contribution in [2.24, 2.45) is 0 Å². The number of nitrogens with one attached hydrogen (secondary N) is 2. The molecule has 3 N–H and O–H groups in total. The topological polar surface area (TPSA) is 61.4 Å². The number of aliphatic hydroxyl groups is 1. The molecule has 2 aromatic carbocycles. The number of benzene rings is 2. The number of rotatable bonds is 7. The summed E-state index contributed by atoms with van der Waals surface area (Å²) < 4.78 is 27.4. The normalized spacial score (nSPS) is 11.8. The number of amides is 1. The Kier molecular flexibility index (Phi) is 6.26. The lowest BCUT2D eigenvalue weighted by molar-refractivity contribution is 0.0945. The van der Waals surface area contributed by atoms with E-state index in [0.29, 0.717) is 17.7 Å². The van der Waals surface area contributed by atoms with Crippen LogP contribution in [0.25, 0.3) is 0 Å². The Morgan fingerprint density at radius 3 is 2.71 bits per heavy atom. The van der Waals surface area contributed by atoms with Crippen LogP contribution in [0, 0.1) is 11.6 Å². The molecule has 0 radical (unpaired) electrons. The molecule has 1 atom stereocenters. The van der Waals surface area contributed by atoms with Crippen molar-refractivity contribution >= 4 is 11.6 Å².